The summed E-state index contributed by atoms with van der Waals surface area (Å²) < 4.78 is 59.4. The topological polar surface area (TPSA) is 240 Å². The number of amides is 1. The summed E-state index contributed by atoms with van der Waals surface area (Å²) in [7, 11) is 6.74. The lowest BCUT2D eigenvalue weighted by molar-refractivity contribution is -0.302. The van der Waals surface area contributed by atoms with Crippen LogP contribution >= 0.6 is 0 Å². The van der Waals surface area contributed by atoms with Gasteiger partial charge in [-0.2, -0.15) is 0 Å². The number of benzene rings is 1. The summed E-state index contributed by atoms with van der Waals surface area (Å²) in [6.45, 7) is 18.5. The fraction of sp³-hybridized carbons (Fsp3) is 0.815. The molecular weight excluding hydrogens is 976 g/mol. The van der Waals surface area contributed by atoms with Gasteiger partial charge in [-0.15, -0.1) is 5.10 Å². The second-order valence-electron chi connectivity index (χ2n) is 22.9. The Hall–Kier alpha value is -3.45. The number of aliphatic hydroxyl groups excluding tert-OH is 3. The van der Waals surface area contributed by atoms with Gasteiger partial charge in [0.1, 0.15) is 55.4 Å². The molecule has 0 spiro atoms. The molecule has 2 aromatic rings. The SMILES string of the molecule is CC[C@H]1OC(=O)[C@H](C)[C@@H](C2C[C@@](C)(OC)[C@@H](O)[C@H](C)O2)[C@H](C)[C@@H](O[C@@H]2O[C@H](C)C[C@H](N(C)CCc3cn([C@H](CF)[C@H](OC)c4ccc(N5CCOC5=O)cc4)nn3)[C@H]2O)[C@](C)(O)C[C@@H](C)CN(C)[C@H](C)[C@@H](O)[C@]1(C)O. The second-order valence-corrected chi connectivity index (χ2v) is 22.9. The molecule has 0 saturated carbocycles. The van der Waals surface area contributed by atoms with Crippen molar-refractivity contribution in [3.63, 3.8) is 0 Å². The first-order valence-electron chi connectivity index (χ1n) is 26.9. The summed E-state index contributed by atoms with van der Waals surface area (Å²) in [5.74, 6) is -3.30. The second kappa shape index (κ2) is 25.1. The third-order valence-corrected chi connectivity index (χ3v) is 17.1. The van der Waals surface area contributed by atoms with Gasteiger partial charge in [0.15, 0.2) is 6.29 Å². The number of aliphatic hydroxyl groups is 5. The Morgan fingerprint density at radius 1 is 0.973 bits per heavy atom. The minimum absolute atomic E-state index is 0.164. The Balaban J connectivity index is 1.26. The van der Waals surface area contributed by atoms with Crippen molar-refractivity contribution in [2.45, 2.75) is 197 Å². The summed E-state index contributed by atoms with van der Waals surface area (Å²) in [5.41, 5.74) is -2.60. The fourth-order valence-corrected chi connectivity index (χ4v) is 12.5. The molecule has 20 atom stereocenters. The molecule has 6 rings (SSSR count). The molecule has 0 radical (unpaired) electrons. The zero-order valence-corrected chi connectivity index (χ0v) is 46.7. The van der Waals surface area contributed by atoms with Crippen LogP contribution in [0.1, 0.15) is 118 Å². The molecular formula is C54H89FN6O14. The van der Waals surface area contributed by atoms with Crippen LogP contribution in [0.5, 0.6) is 0 Å². The monoisotopic (exact) mass is 1060 g/mol. The number of hydrogen-bond acceptors (Lipinski definition) is 18. The van der Waals surface area contributed by atoms with Crippen molar-refractivity contribution >= 4 is 17.7 Å². The van der Waals surface area contributed by atoms with E-state index >= 15 is 0 Å². The summed E-state index contributed by atoms with van der Waals surface area (Å²) in [4.78, 5) is 32.2. The maximum atomic E-state index is 14.9. The Labute approximate surface area is 443 Å². The number of rotatable bonds is 15. The predicted octanol–water partition coefficient (Wildman–Crippen LogP) is 4.23. The molecule has 4 aliphatic rings. The van der Waals surface area contributed by atoms with Gasteiger partial charge in [0.05, 0.1) is 53.8 Å². The maximum absolute atomic E-state index is 14.9. The van der Waals surface area contributed by atoms with Gasteiger partial charge >= 0.3 is 12.1 Å². The zero-order chi connectivity index (χ0) is 55.5. The largest absolute Gasteiger partial charge is 0.459 e. The molecule has 4 aliphatic heterocycles. The maximum Gasteiger partial charge on any atom is 0.414 e. The van der Waals surface area contributed by atoms with E-state index < -0.39 is 133 Å². The van der Waals surface area contributed by atoms with Crippen LogP contribution in [0.2, 0.25) is 0 Å². The number of cyclic esters (lactones) is 2. The van der Waals surface area contributed by atoms with Gasteiger partial charge in [-0.1, -0.05) is 45.0 Å². The number of carbonyl (C=O) groups excluding carboxylic acids is 2. The highest BCUT2D eigenvalue weighted by molar-refractivity contribution is 5.89. The molecule has 1 aromatic heterocycles. The van der Waals surface area contributed by atoms with Gasteiger partial charge in [0.25, 0.3) is 0 Å². The third-order valence-electron chi connectivity index (χ3n) is 17.1. The van der Waals surface area contributed by atoms with Crippen LogP contribution in [0, 0.1) is 23.7 Å². The average Bonchev–Trinajstić information content (AvgIpc) is 4.03. The van der Waals surface area contributed by atoms with Crippen molar-refractivity contribution in [3.8, 4) is 0 Å². The van der Waals surface area contributed by atoms with Crippen LogP contribution in [-0.2, 0) is 44.4 Å². The number of ether oxygens (including phenoxy) is 7. The number of aromatic nitrogens is 3. The smallest absolute Gasteiger partial charge is 0.414 e. The standard InChI is InChI=1S/C54H89FN6O14/c1-15-42-54(10,68)46(63)34(6)59(12)28-30(2)25-52(8,67)48(32(4)43(33(5)49(65)74-42)41-26-53(9,70-14)47(64)35(7)73-41)75-50-44(62)39(24-31(3)72-50)58(11)21-20-37-29-61(57-56-37)40(27-55)45(69-13)36-16-18-38(19-17-36)60-22-23-71-51(60)66/h16-19,29-35,39-48,50,62-64,67-68H,15,20-28H2,1-14H3/t30-,31-,32+,33-,34-,35+,39+,40-,41?,42-,43+,44-,45-,46-,47+,48-,50+,52-,53-,54-/m1/s1. The highest BCUT2D eigenvalue weighted by Gasteiger charge is 2.55. The summed E-state index contributed by atoms with van der Waals surface area (Å²) in [6.07, 6.45) is -6.91. The fourth-order valence-electron chi connectivity index (χ4n) is 12.5. The van der Waals surface area contributed by atoms with E-state index in [1.807, 2.05) is 44.7 Å². The average molecular weight is 1070 g/mol. The number of likely N-dealkylation sites (N-methyl/N-ethyl adjacent to an activating group) is 2. The number of anilines is 1. The van der Waals surface area contributed by atoms with Gasteiger partial charge in [-0.25, -0.2) is 13.9 Å². The number of halogens is 1. The molecule has 1 unspecified atom stereocenters. The molecule has 426 valence electrons. The van der Waals surface area contributed by atoms with E-state index in [9.17, 15) is 39.5 Å². The quantitative estimate of drug-likeness (QED) is 0.157. The van der Waals surface area contributed by atoms with Gasteiger partial charge in [0.2, 0.25) is 0 Å². The molecule has 75 heavy (non-hydrogen) atoms. The van der Waals surface area contributed by atoms with Crippen molar-refractivity contribution in [2.24, 2.45) is 23.7 Å². The minimum Gasteiger partial charge on any atom is -0.459 e. The van der Waals surface area contributed by atoms with Crippen LogP contribution < -0.4 is 4.90 Å². The molecule has 5 N–H and O–H groups in total. The lowest BCUT2D eigenvalue weighted by Gasteiger charge is -2.51. The number of carbonyl (C=O) groups is 2. The van der Waals surface area contributed by atoms with Gasteiger partial charge in [-0.05, 0) is 104 Å². The van der Waals surface area contributed by atoms with Crippen LogP contribution in [-0.4, -0.2) is 208 Å². The lowest BCUT2D eigenvalue weighted by atomic mass is 9.68. The third kappa shape index (κ3) is 13.4. The zero-order valence-electron chi connectivity index (χ0n) is 46.7. The molecule has 0 aliphatic carbocycles. The van der Waals surface area contributed by atoms with Crippen molar-refractivity contribution in [3.05, 3.63) is 41.7 Å². The van der Waals surface area contributed by atoms with Crippen molar-refractivity contribution < 1.29 is 72.7 Å². The highest BCUT2D eigenvalue weighted by Crippen LogP contribution is 2.45. The number of alkyl halides is 1. The number of hydrogen-bond donors (Lipinski definition) is 5. The minimum atomic E-state index is -1.84. The summed E-state index contributed by atoms with van der Waals surface area (Å²) in [6, 6.07) is 5.21. The highest BCUT2D eigenvalue weighted by atomic mass is 19.1. The van der Waals surface area contributed by atoms with Crippen molar-refractivity contribution in [1.82, 2.24) is 24.8 Å². The number of esters is 1. The number of methoxy groups -OCH3 is 2. The van der Waals surface area contributed by atoms with Crippen molar-refractivity contribution in [2.75, 3.05) is 66.1 Å². The van der Waals surface area contributed by atoms with Gasteiger partial charge in [-0.3, -0.25) is 9.69 Å². The van der Waals surface area contributed by atoms with Crippen LogP contribution in [0.25, 0.3) is 0 Å². The Morgan fingerprint density at radius 2 is 1.65 bits per heavy atom. The molecule has 4 saturated heterocycles. The molecule has 21 heteroatoms. The van der Waals surface area contributed by atoms with E-state index in [0.717, 1.165) is 0 Å². The summed E-state index contributed by atoms with van der Waals surface area (Å²) in [5, 5.41) is 68.9. The normalized spacial score (nSPS) is 39.9. The Kier molecular flexibility index (Phi) is 20.4. The van der Waals surface area contributed by atoms with E-state index in [1.165, 1.54) is 30.7 Å². The molecule has 5 heterocycles. The first kappa shape index (κ1) is 60.8. The molecule has 1 amide bonds. The predicted molar refractivity (Wildman–Crippen MR) is 275 cm³/mol. The molecule has 1 aromatic carbocycles. The van der Waals surface area contributed by atoms with E-state index in [4.69, 9.17) is 33.2 Å². The molecule has 20 nitrogen and oxygen atoms in total. The van der Waals surface area contributed by atoms with Crippen LogP contribution in [0.4, 0.5) is 14.9 Å². The van der Waals surface area contributed by atoms with E-state index in [0.29, 0.717) is 56.0 Å². The van der Waals surface area contributed by atoms with E-state index in [1.54, 1.807) is 72.0 Å². The first-order chi connectivity index (χ1) is 35.2. The van der Waals surface area contributed by atoms with Gasteiger partial charge < -0.3 is 68.5 Å². The van der Waals surface area contributed by atoms with E-state index in [2.05, 4.69) is 10.3 Å². The van der Waals surface area contributed by atoms with Crippen LogP contribution in [0.15, 0.2) is 30.5 Å². The summed E-state index contributed by atoms with van der Waals surface area (Å²) >= 11 is 0. The first-order valence-corrected chi connectivity index (χ1v) is 26.9. The van der Waals surface area contributed by atoms with Crippen LogP contribution in [0.3, 0.4) is 0 Å². The molecule has 4 fully saturated rings. The lowest BCUT2D eigenvalue weighted by Crippen LogP contribution is -2.62. The Bertz CT molecular complexity index is 2160. The van der Waals surface area contributed by atoms with Gasteiger partial charge in [0, 0.05) is 70.0 Å². The van der Waals surface area contributed by atoms with E-state index in [-0.39, 0.29) is 25.2 Å². The number of nitrogens with zero attached hydrogens (tertiary/aromatic N) is 6. The molecule has 0 bridgehead atoms. The van der Waals surface area contributed by atoms with Crippen molar-refractivity contribution in [1.29, 1.82) is 0 Å². The Morgan fingerprint density at radius 3 is 2.25 bits per heavy atom.